The van der Waals surface area contributed by atoms with E-state index in [-0.39, 0.29) is 5.91 Å². The molecular weight excluding hydrogens is 596 g/mol. The summed E-state index contributed by atoms with van der Waals surface area (Å²) in [6.45, 7) is 4.35. The van der Waals surface area contributed by atoms with Gasteiger partial charge in [-0.25, -0.2) is 4.98 Å². The lowest BCUT2D eigenvalue weighted by Gasteiger charge is -2.09. The zero-order chi connectivity index (χ0) is 25.1. The van der Waals surface area contributed by atoms with E-state index in [2.05, 4.69) is 68.1 Å². The van der Waals surface area contributed by atoms with Gasteiger partial charge in [0.05, 0.1) is 22.3 Å². The van der Waals surface area contributed by atoms with Gasteiger partial charge in [-0.3, -0.25) is 4.79 Å². The molecule has 0 aliphatic rings. The van der Waals surface area contributed by atoms with E-state index in [1.807, 2.05) is 24.3 Å². The molecule has 0 aliphatic heterocycles. The Morgan fingerprint density at radius 2 is 2.00 bits per heavy atom. The highest BCUT2D eigenvalue weighted by molar-refractivity contribution is 9.11. The summed E-state index contributed by atoms with van der Waals surface area (Å²) < 4.78 is 13.0. The van der Waals surface area contributed by atoms with E-state index < -0.39 is 0 Å². The van der Waals surface area contributed by atoms with Crippen LogP contribution in [-0.2, 0) is 4.79 Å². The highest BCUT2D eigenvalue weighted by atomic mass is 79.9. The van der Waals surface area contributed by atoms with Gasteiger partial charge in [0.15, 0.2) is 5.58 Å². The van der Waals surface area contributed by atoms with Crippen molar-refractivity contribution in [3.63, 3.8) is 0 Å². The molecule has 0 aliphatic carbocycles. The maximum Gasteiger partial charge on any atom is 0.248 e. The van der Waals surface area contributed by atoms with Crippen LogP contribution < -0.4 is 10.1 Å². The Labute approximate surface area is 225 Å². The van der Waals surface area contributed by atoms with Gasteiger partial charge in [-0.1, -0.05) is 47.4 Å². The maximum atomic E-state index is 12.7. The molecule has 0 spiro atoms. The van der Waals surface area contributed by atoms with Gasteiger partial charge < -0.3 is 14.5 Å². The molecule has 3 aromatic carbocycles. The fourth-order valence-electron chi connectivity index (χ4n) is 3.62. The second-order valence-corrected chi connectivity index (χ2v) is 10.3. The number of oxazole rings is 1. The number of rotatable bonds is 7. The standard InChI is InChI=1S/C27H23Br2ClN2O3/c1-4-15(2)16-6-9-24-23(12-16)32-27(35-24)18-5-8-21(30)22(13-18)31-25(33)10-7-17-11-19(28)14-20(29)26(17)34-3/h5-15H,4H2,1-3H3,(H,31,33)/b10-7+/t15-/m1/s1. The number of nitrogens with zero attached hydrogens (tertiary/aromatic N) is 1. The third-order valence-corrected chi connectivity index (χ3v) is 7.10. The summed E-state index contributed by atoms with van der Waals surface area (Å²) in [6.07, 6.45) is 4.16. The third kappa shape index (κ3) is 5.80. The average Bonchev–Trinajstić information content (AvgIpc) is 3.26. The van der Waals surface area contributed by atoms with Crippen LogP contribution >= 0.6 is 43.5 Å². The first kappa shape index (κ1) is 25.5. The SMILES string of the molecule is CC[C@@H](C)c1ccc2oc(-c3ccc(Cl)c(NC(=O)/C=C/c4cc(Br)cc(Br)c4OC)c3)nc2c1. The monoisotopic (exact) mass is 616 g/mol. The molecule has 8 heteroatoms. The van der Waals surface area contributed by atoms with Crippen molar-refractivity contribution in [3.8, 4) is 17.2 Å². The molecule has 0 radical (unpaired) electrons. The number of carbonyl (C=O) groups excluding carboxylic acids is 1. The third-order valence-electron chi connectivity index (χ3n) is 5.72. The van der Waals surface area contributed by atoms with Crippen molar-refractivity contribution in [2.24, 2.45) is 0 Å². The molecule has 0 fully saturated rings. The summed E-state index contributed by atoms with van der Waals surface area (Å²) in [4.78, 5) is 17.3. The number of carbonyl (C=O) groups is 1. The minimum Gasteiger partial charge on any atom is -0.495 e. The first-order valence-electron chi connectivity index (χ1n) is 11.0. The Morgan fingerprint density at radius 1 is 1.20 bits per heavy atom. The van der Waals surface area contributed by atoms with E-state index in [1.54, 1.807) is 25.3 Å². The van der Waals surface area contributed by atoms with E-state index in [0.717, 1.165) is 26.4 Å². The number of aromatic nitrogens is 1. The van der Waals surface area contributed by atoms with Gasteiger partial charge in [0.2, 0.25) is 11.8 Å². The van der Waals surface area contributed by atoms with Crippen molar-refractivity contribution in [3.05, 3.63) is 79.7 Å². The zero-order valence-corrected chi connectivity index (χ0v) is 23.3. The lowest BCUT2D eigenvalue weighted by atomic mass is 9.98. The summed E-state index contributed by atoms with van der Waals surface area (Å²) in [6, 6.07) is 15.1. The molecule has 4 rings (SSSR count). The van der Waals surface area contributed by atoms with Crippen molar-refractivity contribution < 1.29 is 13.9 Å². The Kier molecular flexibility index (Phi) is 7.99. The second kappa shape index (κ2) is 11.0. The number of amides is 1. The van der Waals surface area contributed by atoms with Crippen molar-refractivity contribution in [2.75, 3.05) is 12.4 Å². The Morgan fingerprint density at radius 3 is 2.74 bits per heavy atom. The average molecular weight is 619 g/mol. The van der Waals surface area contributed by atoms with Crippen LogP contribution in [0.4, 0.5) is 5.69 Å². The van der Waals surface area contributed by atoms with Crippen LogP contribution in [0.5, 0.6) is 5.75 Å². The minimum absolute atomic E-state index is 0.335. The predicted molar refractivity (Wildman–Crippen MR) is 149 cm³/mol. The molecule has 5 nitrogen and oxygen atoms in total. The molecule has 0 saturated heterocycles. The van der Waals surface area contributed by atoms with Crippen LogP contribution in [0.15, 0.2) is 68.0 Å². The molecule has 4 aromatic rings. The molecule has 0 saturated carbocycles. The van der Waals surface area contributed by atoms with Crippen molar-refractivity contribution in [1.82, 2.24) is 4.98 Å². The zero-order valence-electron chi connectivity index (χ0n) is 19.4. The second-order valence-electron chi connectivity index (χ2n) is 8.08. The highest BCUT2D eigenvalue weighted by Gasteiger charge is 2.14. The summed E-state index contributed by atoms with van der Waals surface area (Å²) in [7, 11) is 1.58. The Hall–Kier alpha value is -2.61. The van der Waals surface area contributed by atoms with E-state index in [1.165, 1.54) is 11.6 Å². The Balaban J connectivity index is 1.57. The number of anilines is 1. The number of hydrogen-bond donors (Lipinski definition) is 1. The van der Waals surface area contributed by atoms with Gasteiger partial charge in [0.1, 0.15) is 11.3 Å². The van der Waals surface area contributed by atoms with Gasteiger partial charge in [-0.2, -0.15) is 0 Å². The fraction of sp³-hybridized carbons (Fsp3) is 0.185. The van der Waals surface area contributed by atoms with Gasteiger partial charge in [-0.15, -0.1) is 0 Å². The molecule has 35 heavy (non-hydrogen) atoms. The molecule has 0 bridgehead atoms. The lowest BCUT2D eigenvalue weighted by molar-refractivity contribution is -0.111. The largest absolute Gasteiger partial charge is 0.495 e. The number of ether oxygens (including phenoxy) is 1. The Bertz CT molecular complexity index is 1430. The number of fused-ring (bicyclic) bond motifs is 1. The number of methoxy groups -OCH3 is 1. The minimum atomic E-state index is -0.335. The molecule has 0 unspecified atom stereocenters. The van der Waals surface area contributed by atoms with Crippen LogP contribution in [0.25, 0.3) is 28.6 Å². The number of halogens is 3. The van der Waals surface area contributed by atoms with Crippen molar-refractivity contribution >= 4 is 72.2 Å². The summed E-state index contributed by atoms with van der Waals surface area (Å²) >= 11 is 13.3. The fourth-order valence-corrected chi connectivity index (χ4v) is 5.21. The lowest BCUT2D eigenvalue weighted by Crippen LogP contribution is -2.08. The van der Waals surface area contributed by atoms with E-state index >= 15 is 0 Å². The van der Waals surface area contributed by atoms with Crippen LogP contribution in [-0.4, -0.2) is 18.0 Å². The molecule has 1 heterocycles. The smallest absolute Gasteiger partial charge is 0.248 e. The van der Waals surface area contributed by atoms with Gasteiger partial charge in [0, 0.05) is 21.7 Å². The molecule has 1 amide bonds. The van der Waals surface area contributed by atoms with Gasteiger partial charge in [0.25, 0.3) is 0 Å². The summed E-state index contributed by atoms with van der Waals surface area (Å²) in [5.74, 6) is 1.21. The van der Waals surface area contributed by atoms with Crippen molar-refractivity contribution in [1.29, 1.82) is 0 Å². The van der Waals surface area contributed by atoms with E-state index in [0.29, 0.717) is 39.4 Å². The van der Waals surface area contributed by atoms with E-state index in [4.69, 9.17) is 20.8 Å². The normalized spacial score (nSPS) is 12.3. The number of hydrogen-bond acceptors (Lipinski definition) is 4. The molecule has 1 atom stereocenters. The molecule has 1 N–H and O–H groups in total. The quantitative estimate of drug-likeness (QED) is 0.210. The first-order valence-corrected chi connectivity index (χ1v) is 13.0. The molecular formula is C27H23Br2ClN2O3. The number of nitrogens with one attached hydrogen (secondary N) is 1. The van der Waals surface area contributed by atoms with Crippen LogP contribution in [0.3, 0.4) is 0 Å². The van der Waals surface area contributed by atoms with Crippen LogP contribution in [0, 0.1) is 0 Å². The number of benzene rings is 3. The van der Waals surface area contributed by atoms with Gasteiger partial charge >= 0.3 is 0 Å². The van der Waals surface area contributed by atoms with E-state index in [9.17, 15) is 4.79 Å². The molecule has 1 aromatic heterocycles. The maximum absolute atomic E-state index is 12.7. The predicted octanol–water partition coefficient (Wildman–Crippen LogP) is 8.85. The summed E-state index contributed by atoms with van der Waals surface area (Å²) in [5, 5.41) is 3.24. The molecule has 180 valence electrons. The van der Waals surface area contributed by atoms with Crippen LogP contribution in [0.1, 0.15) is 37.3 Å². The highest BCUT2D eigenvalue weighted by Crippen LogP contribution is 2.34. The van der Waals surface area contributed by atoms with Crippen LogP contribution in [0.2, 0.25) is 5.02 Å². The first-order chi connectivity index (χ1) is 16.8. The van der Waals surface area contributed by atoms with Gasteiger partial charge in [-0.05, 0) is 82.4 Å². The summed E-state index contributed by atoms with van der Waals surface area (Å²) in [5.41, 5.74) is 4.66. The van der Waals surface area contributed by atoms with Crippen molar-refractivity contribution in [2.45, 2.75) is 26.2 Å². The topological polar surface area (TPSA) is 64.4 Å².